The van der Waals surface area contributed by atoms with Gasteiger partial charge in [0.2, 0.25) is 5.91 Å². The van der Waals surface area contributed by atoms with Crippen LogP contribution in [0.5, 0.6) is 0 Å². The molecule has 1 saturated heterocycles. The minimum Gasteiger partial charge on any atom is -0.344 e. The molecule has 0 bridgehead atoms. The molecule has 5 heteroatoms. The number of rotatable bonds is 3. The van der Waals surface area contributed by atoms with Gasteiger partial charge in [0.1, 0.15) is 0 Å². The Bertz CT molecular complexity index is 957. The number of allylic oxidation sites excluding steroid dienone is 1. The maximum Gasteiger partial charge on any atom is 0.229 e. The molecule has 0 spiro atoms. The van der Waals surface area contributed by atoms with Crippen LogP contribution in [0.3, 0.4) is 0 Å². The Morgan fingerprint density at radius 1 is 1.14 bits per heavy atom. The van der Waals surface area contributed by atoms with Gasteiger partial charge < -0.3 is 4.90 Å². The quantitative estimate of drug-likeness (QED) is 0.758. The molecule has 28 heavy (non-hydrogen) atoms. The number of thioether (sulfide) groups is 1. The number of carbonyl (C=O) groups excluding carboxylic acids is 1. The van der Waals surface area contributed by atoms with Gasteiger partial charge in [0, 0.05) is 18.0 Å². The summed E-state index contributed by atoms with van der Waals surface area (Å²) in [4.78, 5) is 16.9. The highest BCUT2D eigenvalue weighted by Crippen LogP contribution is 2.43. The van der Waals surface area contributed by atoms with Crippen LogP contribution in [0.2, 0.25) is 0 Å². The molecule has 142 valence electrons. The Labute approximate surface area is 170 Å². The van der Waals surface area contributed by atoms with E-state index in [0.717, 1.165) is 34.2 Å². The van der Waals surface area contributed by atoms with E-state index in [0.29, 0.717) is 13.1 Å². The standard InChI is InChI=1S/C23H23N3OS/c1-3-17-6-8-18(9-7-17)20-12-22(27)26-14-25(15-28-23(26)21(20)13-24)19-10-4-16(2)5-11-19/h4-11,20H,3,12,14-15H2,1-2H3/t20-/m0/s1. The van der Waals surface area contributed by atoms with Crippen LogP contribution in [-0.4, -0.2) is 23.4 Å². The number of amides is 1. The number of hydrogen-bond acceptors (Lipinski definition) is 4. The molecule has 2 heterocycles. The van der Waals surface area contributed by atoms with Crippen LogP contribution in [-0.2, 0) is 11.2 Å². The maximum absolute atomic E-state index is 13.0. The number of nitrogens with zero attached hydrogens (tertiary/aromatic N) is 3. The van der Waals surface area contributed by atoms with E-state index < -0.39 is 0 Å². The Kier molecular flexibility index (Phi) is 5.15. The van der Waals surface area contributed by atoms with Crippen LogP contribution in [0, 0.1) is 18.3 Å². The third-order valence-electron chi connectivity index (χ3n) is 5.48. The number of nitriles is 1. The predicted molar refractivity (Wildman–Crippen MR) is 114 cm³/mol. The molecule has 2 aliphatic rings. The maximum atomic E-state index is 13.0. The summed E-state index contributed by atoms with van der Waals surface area (Å²) < 4.78 is 0. The van der Waals surface area contributed by atoms with Gasteiger partial charge in [-0.2, -0.15) is 5.26 Å². The van der Waals surface area contributed by atoms with E-state index in [9.17, 15) is 10.1 Å². The van der Waals surface area contributed by atoms with Gasteiger partial charge in [-0.1, -0.05) is 60.6 Å². The molecule has 2 aromatic rings. The monoisotopic (exact) mass is 389 g/mol. The van der Waals surface area contributed by atoms with Crippen molar-refractivity contribution in [1.29, 1.82) is 5.26 Å². The smallest absolute Gasteiger partial charge is 0.229 e. The number of benzene rings is 2. The topological polar surface area (TPSA) is 47.3 Å². The van der Waals surface area contributed by atoms with E-state index in [2.05, 4.69) is 73.3 Å². The average molecular weight is 390 g/mol. The highest BCUT2D eigenvalue weighted by atomic mass is 32.2. The lowest BCUT2D eigenvalue weighted by molar-refractivity contribution is -0.129. The Morgan fingerprint density at radius 3 is 2.50 bits per heavy atom. The van der Waals surface area contributed by atoms with Gasteiger partial charge in [-0.3, -0.25) is 9.69 Å². The lowest BCUT2D eigenvalue weighted by Gasteiger charge is -2.42. The molecule has 0 aromatic heterocycles. The molecule has 0 N–H and O–H groups in total. The first-order valence-electron chi connectivity index (χ1n) is 9.58. The summed E-state index contributed by atoms with van der Waals surface area (Å²) in [5, 5.41) is 10.7. The lowest BCUT2D eigenvalue weighted by Crippen LogP contribution is -2.47. The molecule has 1 fully saturated rings. The van der Waals surface area contributed by atoms with Gasteiger partial charge in [0.05, 0.1) is 29.2 Å². The summed E-state index contributed by atoms with van der Waals surface area (Å²) in [5.74, 6) is 0.672. The first kappa shape index (κ1) is 18.6. The van der Waals surface area contributed by atoms with Gasteiger partial charge in [-0.25, -0.2) is 0 Å². The van der Waals surface area contributed by atoms with Crippen molar-refractivity contribution in [3.63, 3.8) is 0 Å². The molecule has 1 amide bonds. The Hall–Kier alpha value is -2.71. The van der Waals surface area contributed by atoms with Crippen molar-refractivity contribution in [2.75, 3.05) is 17.4 Å². The van der Waals surface area contributed by atoms with E-state index in [1.54, 1.807) is 16.7 Å². The first-order chi connectivity index (χ1) is 13.6. The molecule has 0 saturated carbocycles. The zero-order valence-corrected chi connectivity index (χ0v) is 17.0. The predicted octanol–water partition coefficient (Wildman–Crippen LogP) is 4.78. The van der Waals surface area contributed by atoms with Crippen molar-refractivity contribution in [2.45, 2.75) is 32.6 Å². The second-order valence-electron chi connectivity index (χ2n) is 7.29. The van der Waals surface area contributed by atoms with Gasteiger partial charge in [0.25, 0.3) is 0 Å². The summed E-state index contributed by atoms with van der Waals surface area (Å²) in [6.07, 6.45) is 1.33. The molecule has 0 unspecified atom stereocenters. The zero-order chi connectivity index (χ0) is 19.7. The van der Waals surface area contributed by atoms with Crippen LogP contribution in [0.4, 0.5) is 5.69 Å². The normalized spacial score (nSPS) is 19.5. The van der Waals surface area contributed by atoms with Crippen LogP contribution < -0.4 is 4.90 Å². The summed E-state index contributed by atoms with van der Waals surface area (Å²) in [5.41, 5.74) is 5.35. The molecule has 0 aliphatic carbocycles. The van der Waals surface area contributed by atoms with E-state index in [1.165, 1.54) is 11.1 Å². The average Bonchev–Trinajstić information content (AvgIpc) is 2.74. The molecule has 2 aromatic carbocycles. The fraction of sp³-hybridized carbons (Fsp3) is 0.304. The van der Waals surface area contributed by atoms with Gasteiger partial charge >= 0.3 is 0 Å². The van der Waals surface area contributed by atoms with Crippen molar-refractivity contribution < 1.29 is 4.79 Å². The van der Waals surface area contributed by atoms with Crippen molar-refractivity contribution in [3.05, 3.63) is 75.8 Å². The number of aryl methyl sites for hydroxylation is 2. The Balaban J connectivity index is 1.63. The Morgan fingerprint density at radius 2 is 1.86 bits per heavy atom. The van der Waals surface area contributed by atoms with Crippen molar-refractivity contribution in [2.24, 2.45) is 0 Å². The third-order valence-corrected chi connectivity index (χ3v) is 6.64. The van der Waals surface area contributed by atoms with Gasteiger partial charge in [0.15, 0.2) is 0 Å². The van der Waals surface area contributed by atoms with E-state index >= 15 is 0 Å². The molecule has 2 aliphatic heterocycles. The number of hydrogen-bond donors (Lipinski definition) is 0. The van der Waals surface area contributed by atoms with E-state index in [-0.39, 0.29) is 11.8 Å². The lowest BCUT2D eigenvalue weighted by atomic mass is 9.86. The SMILES string of the molecule is CCc1ccc([C@@H]2CC(=O)N3CN(c4ccc(C)cc4)CSC3=C2C#N)cc1. The molecule has 1 atom stereocenters. The van der Waals surface area contributed by atoms with Crippen molar-refractivity contribution in [1.82, 2.24) is 4.90 Å². The highest BCUT2D eigenvalue weighted by Gasteiger charge is 2.38. The van der Waals surface area contributed by atoms with E-state index in [4.69, 9.17) is 0 Å². The van der Waals surface area contributed by atoms with Crippen molar-refractivity contribution >= 4 is 23.4 Å². The van der Waals surface area contributed by atoms with Crippen LogP contribution in [0.15, 0.2) is 59.1 Å². The summed E-state index contributed by atoms with van der Waals surface area (Å²) in [7, 11) is 0. The fourth-order valence-electron chi connectivity index (χ4n) is 3.75. The number of anilines is 1. The second kappa shape index (κ2) is 7.73. The molecule has 4 nitrogen and oxygen atoms in total. The summed E-state index contributed by atoms with van der Waals surface area (Å²) >= 11 is 1.58. The molecular formula is C23H23N3OS. The van der Waals surface area contributed by atoms with E-state index in [1.807, 2.05) is 0 Å². The van der Waals surface area contributed by atoms with Crippen LogP contribution in [0.25, 0.3) is 0 Å². The second-order valence-corrected chi connectivity index (χ2v) is 8.23. The summed E-state index contributed by atoms with van der Waals surface area (Å²) in [6.45, 7) is 4.69. The number of fused-ring (bicyclic) bond motifs is 1. The molecule has 4 rings (SSSR count). The minimum absolute atomic E-state index is 0.0860. The van der Waals surface area contributed by atoms with Gasteiger partial charge in [-0.15, -0.1) is 0 Å². The minimum atomic E-state index is -0.145. The number of carbonyl (C=O) groups is 1. The molecular weight excluding hydrogens is 366 g/mol. The highest BCUT2D eigenvalue weighted by molar-refractivity contribution is 8.03. The fourth-order valence-corrected chi connectivity index (χ4v) is 4.92. The van der Waals surface area contributed by atoms with Crippen molar-refractivity contribution in [3.8, 4) is 6.07 Å². The third kappa shape index (κ3) is 3.41. The van der Waals surface area contributed by atoms with Crippen LogP contribution >= 0.6 is 11.8 Å². The first-order valence-corrected chi connectivity index (χ1v) is 10.6. The van der Waals surface area contributed by atoms with Gasteiger partial charge in [-0.05, 0) is 36.6 Å². The summed E-state index contributed by atoms with van der Waals surface area (Å²) in [6, 6.07) is 19.1. The van der Waals surface area contributed by atoms with Crippen LogP contribution in [0.1, 0.15) is 36.0 Å². The molecule has 0 radical (unpaired) electrons. The largest absolute Gasteiger partial charge is 0.344 e. The zero-order valence-electron chi connectivity index (χ0n) is 16.2.